The molecule has 6 nitrogen and oxygen atoms in total. The van der Waals surface area contributed by atoms with Gasteiger partial charge in [-0.05, 0) is 23.8 Å². The molecule has 0 aliphatic carbocycles. The van der Waals surface area contributed by atoms with Crippen LogP contribution in [0, 0.1) is 23.3 Å². The lowest BCUT2D eigenvalue weighted by atomic mass is 9.97. The number of carbonyl (C=O) groups excluding carboxylic acids is 1. The zero-order valence-corrected chi connectivity index (χ0v) is 19.1. The van der Waals surface area contributed by atoms with Crippen LogP contribution in [0.15, 0.2) is 47.6 Å². The Morgan fingerprint density at radius 2 is 1.69 bits per heavy atom. The van der Waals surface area contributed by atoms with Crippen molar-refractivity contribution >= 4 is 29.0 Å². The van der Waals surface area contributed by atoms with Crippen LogP contribution in [-0.2, 0) is 4.74 Å². The number of fused-ring (bicyclic) bond motifs is 1. The molecule has 1 N–H and O–H groups in total. The number of methoxy groups -OCH3 is 2. The van der Waals surface area contributed by atoms with Crippen molar-refractivity contribution in [2.24, 2.45) is 5.10 Å². The minimum absolute atomic E-state index is 0.0656. The number of hydrazone groups is 1. The standard InChI is InChI=1S/C24H17ClF4N2O4/c1-33-17-8-7-13-18(35-24(32)19(13)23(17)34-2)10-16(11-3-5-12(25)6-4-11)30-31-22-20(28)14(26)9-15(27)21(22)29/h3-9,18,31H,10H2,1-2H3/b30-16+/t18-/m0/s1. The molecule has 3 aromatic rings. The second-order valence-electron chi connectivity index (χ2n) is 7.38. The van der Waals surface area contributed by atoms with Crippen LogP contribution in [0.1, 0.15) is 34.0 Å². The van der Waals surface area contributed by atoms with Crippen LogP contribution in [0.4, 0.5) is 23.2 Å². The Kier molecular flexibility index (Phi) is 6.83. The Labute approximate surface area is 202 Å². The van der Waals surface area contributed by atoms with Crippen molar-refractivity contribution in [2.75, 3.05) is 19.6 Å². The highest BCUT2D eigenvalue weighted by atomic mass is 35.5. The topological polar surface area (TPSA) is 69.2 Å². The number of anilines is 1. The summed E-state index contributed by atoms with van der Waals surface area (Å²) in [5.74, 6) is -6.59. The molecule has 1 atom stereocenters. The maximum absolute atomic E-state index is 14.1. The van der Waals surface area contributed by atoms with Gasteiger partial charge in [-0.1, -0.05) is 29.8 Å². The first-order valence-electron chi connectivity index (χ1n) is 10.1. The van der Waals surface area contributed by atoms with E-state index >= 15 is 0 Å². The summed E-state index contributed by atoms with van der Waals surface area (Å²) in [5, 5.41) is 4.42. The van der Waals surface area contributed by atoms with Gasteiger partial charge in [0.2, 0.25) is 0 Å². The number of rotatable bonds is 7. The van der Waals surface area contributed by atoms with Crippen LogP contribution in [0.3, 0.4) is 0 Å². The summed E-state index contributed by atoms with van der Waals surface area (Å²) in [5.41, 5.74) is 2.21. The van der Waals surface area contributed by atoms with E-state index in [4.69, 9.17) is 25.8 Å². The molecule has 1 aliphatic heterocycles. The van der Waals surface area contributed by atoms with Crippen molar-refractivity contribution in [3.05, 3.63) is 87.4 Å². The molecule has 0 amide bonds. The number of carbonyl (C=O) groups is 1. The van der Waals surface area contributed by atoms with Crippen molar-refractivity contribution in [1.82, 2.24) is 0 Å². The van der Waals surface area contributed by atoms with Gasteiger partial charge < -0.3 is 14.2 Å². The van der Waals surface area contributed by atoms with Crippen molar-refractivity contribution in [2.45, 2.75) is 12.5 Å². The smallest absolute Gasteiger partial charge is 0.343 e. The molecule has 0 spiro atoms. The highest BCUT2D eigenvalue weighted by Gasteiger charge is 2.36. The van der Waals surface area contributed by atoms with Crippen molar-refractivity contribution in [3.8, 4) is 11.5 Å². The molecule has 0 aromatic heterocycles. The van der Waals surface area contributed by atoms with Crippen molar-refractivity contribution in [1.29, 1.82) is 0 Å². The highest BCUT2D eigenvalue weighted by Crippen LogP contribution is 2.43. The number of ether oxygens (including phenoxy) is 3. The predicted molar refractivity (Wildman–Crippen MR) is 120 cm³/mol. The fourth-order valence-corrected chi connectivity index (χ4v) is 3.79. The van der Waals surface area contributed by atoms with E-state index in [1.165, 1.54) is 14.2 Å². The van der Waals surface area contributed by atoms with E-state index in [0.29, 0.717) is 21.9 Å². The van der Waals surface area contributed by atoms with Crippen LogP contribution >= 0.6 is 11.6 Å². The van der Waals surface area contributed by atoms with E-state index in [9.17, 15) is 22.4 Å². The Balaban J connectivity index is 1.74. The van der Waals surface area contributed by atoms with Crippen LogP contribution in [0.2, 0.25) is 5.02 Å². The molecule has 4 rings (SSSR count). The normalized spacial score (nSPS) is 15.0. The number of cyclic esters (lactones) is 1. The van der Waals surface area contributed by atoms with Crippen molar-refractivity contribution < 1.29 is 36.6 Å². The molecule has 0 saturated carbocycles. The summed E-state index contributed by atoms with van der Waals surface area (Å²) in [4.78, 5) is 12.6. The zero-order valence-electron chi connectivity index (χ0n) is 18.3. The summed E-state index contributed by atoms with van der Waals surface area (Å²) < 4.78 is 71.5. The quantitative estimate of drug-likeness (QED) is 0.139. The molecule has 11 heteroatoms. The fourth-order valence-electron chi connectivity index (χ4n) is 3.66. The number of halogens is 5. The number of hydrogen-bond donors (Lipinski definition) is 1. The van der Waals surface area contributed by atoms with Gasteiger partial charge in [0, 0.05) is 23.1 Å². The predicted octanol–water partition coefficient (Wildman–Crippen LogP) is 6.03. The average molecular weight is 509 g/mol. The van der Waals surface area contributed by atoms with Gasteiger partial charge >= 0.3 is 5.97 Å². The lowest BCUT2D eigenvalue weighted by molar-refractivity contribution is 0.0398. The zero-order chi connectivity index (χ0) is 25.3. The monoisotopic (exact) mass is 508 g/mol. The highest BCUT2D eigenvalue weighted by molar-refractivity contribution is 6.30. The lowest BCUT2D eigenvalue weighted by Crippen LogP contribution is -2.12. The summed E-state index contributed by atoms with van der Waals surface area (Å²) in [6, 6.07) is 9.58. The van der Waals surface area contributed by atoms with Gasteiger partial charge in [0.05, 0.1) is 19.9 Å². The molecular formula is C24H17ClF4N2O4. The third kappa shape index (κ3) is 4.61. The lowest BCUT2D eigenvalue weighted by Gasteiger charge is -2.15. The number of benzene rings is 3. The van der Waals surface area contributed by atoms with Gasteiger partial charge in [-0.15, -0.1) is 0 Å². The van der Waals surface area contributed by atoms with E-state index in [1.807, 2.05) is 0 Å². The molecule has 0 radical (unpaired) electrons. The molecule has 1 heterocycles. The Hall–Kier alpha value is -3.79. The van der Waals surface area contributed by atoms with Gasteiger partial charge in [0.1, 0.15) is 17.4 Å². The van der Waals surface area contributed by atoms with E-state index in [2.05, 4.69) is 10.5 Å². The molecule has 182 valence electrons. The number of esters is 1. The first-order valence-corrected chi connectivity index (χ1v) is 10.5. The van der Waals surface area contributed by atoms with E-state index in [0.717, 1.165) is 0 Å². The van der Waals surface area contributed by atoms with Crippen molar-refractivity contribution in [3.63, 3.8) is 0 Å². The third-order valence-electron chi connectivity index (χ3n) is 5.35. The molecule has 0 bridgehead atoms. The molecule has 3 aromatic carbocycles. The maximum atomic E-state index is 14.1. The Morgan fingerprint density at radius 1 is 1.03 bits per heavy atom. The Bertz CT molecular complexity index is 1310. The van der Waals surface area contributed by atoms with Gasteiger partial charge in [-0.3, -0.25) is 5.43 Å². The van der Waals surface area contributed by atoms with Crippen LogP contribution in [0.25, 0.3) is 0 Å². The fraction of sp³-hybridized carbons (Fsp3) is 0.167. The van der Waals surface area contributed by atoms with E-state index < -0.39 is 41.0 Å². The molecule has 0 saturated heterocycles. The third-order valence-corrected chi connectivity index (χ3v) is 5.60. The summed E-state index contributed by atoms with van der Waals surface area (Å²) >= 11 is 5.95. The van der Waals surface area contributed by atoms with Crippen LogP contribution < -0.4 is 14.9 Å². The van der Waals surface area contributed by atoms with Gasteiger partial charge in [-0.25, -0.2) is 22.4 Å². The first-order chi connectivity index (χ1) is 16.7. The van der Waals surface area contributed by atoms with E-state index in [-0.39, 0.29) is 29.5 Å². The molecule has 1 aliphatic rings. The van der Waals surface area contributed by atoms with Crippen LogP contribution in [0.5, 0.6) is 11.5 Å². The average Bonchev–Trinajstić information content (AvgIpc) is 3.17. The first kappa shape index (κ1) is 24.3. The molecular weight excluding hydrogens is 492 g/mol. The summed E-state index contributed by atoms with van der Waals surface area (Å²) in [7, 11) is 2.80. The summed E-state index contributed by atoms with van der Waals surface area (Å²) in [6.45, 7) is 0. The van der Waals surface area contributed by atoms with Gasteiger partial charge in [-0.2, -0.15) is 5.10 Å². The molecule has 0 fully saturated rings. The SMILES string of the molecule is COc1ccc2c(c1OC)C(=O)O[C@H]2C/C(=N\Nc1c(F)c(F)cc(F)c1F)c1ccc(Cl)cc1. The second kappa shape index (κ2) is 9.83. The largest absolute Gasteiger partial charge is 0.493 e. The molecule has 35 heavy (non-hydrogen) atoms. The number of hydrogen-bond acceptors (Lipinski definition) is 6. The Morgan fingerprint density at radius 3 is 2.29 bits per heavy atom. The number of nitrogens with zero attached hydrogens (tertiary/aromatic N) is 1. The minimum Gasteiger partial charge on any atom is -0.493 e. The maximum Gasteiger partial charge on any atom is 0.343 e. The van der Waals surface area contributed by atoms with E-state index in [1.54, 1.807) is 36.4 Å². The summed E-state index contributed by atoms with van der Waals surface area (Å²) in [6.07, 6.45) is -0.920. The second-order valence-corrected chi connectivity index (χ2v) is 7.82. The number of nitrogens with one attached hydrogen (secondary N) is 1. The van der Waals surface area contributed by atoms with Gasteiger partial charge in [0.15, 0.2) is 34.8 Å². The van der Waals surface area contributed by atoms with Gasteiger partial charge in [0.25, 0.3) is 0 Å². The molecule has 0 unspecified atom stereocenters. The van der Waals surface area contributed by atoms with Crippen LogP contribution in [-0.4, -0.2) is 25.9 Å². The minimum atomic E-state index is -1.64.